The van der Waals surface area contributed by atoms with Crippen molar-refractivity contribution in [2.24, 2.45) is 5.73 Å². The molecule has 0 aromatic heterocycles. The number of anilines is 1. The number of hydrogen-bond donors (Lipinski definition) is 3. The third kappa shape index (κ3) is 4.90. The standard InChI is InChI=1S/C21H22FN3O4/c1-2-28-19(26)11-15-6-3-12-9-14(5-8-18(12)29-15)25-21(27)16-7-4-13(20(23)24)10-17(16)22/h4-5,7-10,15H,2-3,6,11H2,1H3,(H3,23,24)(H,25,27). The second kappa shape index (κ2) is 8.72. The molecule has 1 aliphatic rings. The van der Waals surface area contributed by atoms with E-state index in [1.807, 2.05) is 0 Å². The fourth-order valence-corrected chi connectivity index (χ4v) is 3.14. The zero-order valence-electron chi connectivity index (χ0n) is 16.0. The molecule has 7 nitrogen and oxygen atoms in total. The average Bonchev–Trinajstić information content (AvgIpc) is 2.68. The molecule has 0 saturated heterocycles. The molecule has 0 fully saturated rings. The van der Waals surface area contributed by atoms with E-state index >= 15 is 0 Å². The molecule has 3 rings (SSSR count). The minimum Gasteiger partial charge on any atom is -0.490 e. The fraction of sp³-hybridized carbons (Fsp3) is 0.286. The first-order valence-electron chi connectivity index (χ1n) is 9.28. The summed E-state index contributed by atoms with van der Waals surface area (Å²) < 4.78 is 25.0. The van der Waals surface area contributed by atoms with Gasteiger partial charge in [-0.2, -0.15) is 0 Å². The van der Waals surface area contributed by atoms with Crippen LogP contribution in [0.2, 0.25) is 0 Å². The summed E-state index contributed by atoms with van der Waals surface area (Å²) in [5, 5.41) is 9.99. The summed E-state index contributed by atoms with van der Waals surface area (Å²) in [6.07, 6.45) is 1.30. The maximum absolute atomic E-state index is 14.2. The van der Waals surface area contributed by atoms with Crippen LogP contribution in [0.25, 0.3) is 0 Å². The van der Waals surface area contributed by atoms with Crippen LogP contribution in [0.4, 0.5) is 10.1 Å². The molecular weight excluding hydrogens is 377 g/mol. The van der Waals surface area contributed by atoms with Crippen molar-refractivity contribution < 1.29 is 23.5 Å². The Labute approximate surface area is 167 Å². The topological polar surface area (TPSA) is 114 Å². The van der Waals surface area contributed by atoms with Crippen LogP contribution in [0, 0.1) is 11.2 Å². The number of amides is 1. The molecule has 1 heterocycles. The summed E-state index contributed by atoms with van der Waals surface area (Å²) in [6.45, 7) is 2.09. The fourth-order valence-electron chi connectivity index (χ4n) is 3.14. The molecule has 152 valence electrons. The Balaban J connectivity index is 1.67. The summed E-state index contributed by atoms with van der Waals surface area (Å²) in [5.41, 5.74) is 6.81. The Morgan fingerprint density at radius 2 is 2.10 bits per heavy atom. The summed E-state index contributed by atoms with van der Waals surface area (Å²) >= 11 is 0. The molecule has 4 N–H and O–H groups in total. The number of nitrogen functional groups attached to an aromatic ring is 1. The van der Waals surface area contributed by atoms with Crippen LogP contribution >= 0.6 is 0 Å². The van der Waals surface area contributed by atoms with Gasteiger partial charge in [0.15, 0.2) is 0 Å². The summed E-state index contributed by atoms with van der Waals surface area (Å²) in [4.78, 5) is 24.0. The zero-order chi connectivity index (χ0) is 21.0. The lowest BCUT2D eigenvalue weighted by Gasteiger charge is -2.26. The first kappa shape index (κ1) is 20.3. The van der Waals surface area contributed by atoms with E-state index in [1.54, 1.807) is 25.1 Å². The van der Waals surface area contributed by atoms with Crippen molar-refractivity contribution in [1.29, 1.82) is 5.41 Å². The van der Waals surface area contributed by atoms with Crippen molar-refractivity contribution in [2.45, 2.75) is 32.3 Å². The number of fused-ring (bicyclic) bond motifs is 1. The molecule has 1 amide bonds. The molecule has 0 radical (unpaired) electrons. The Kier molecular flexibility index (Phi) is 6.11. The number of nitrogens with one attached hydrogen (secondary N) is 2. The highest BCUT2D eigenvalue weighted by Crippen LogP contribution is 2.31. The lowest BCUT2D eigenvalue weighted by molar-refractivity contribution is -0.145. The average molecular weight is 399 g/mol. The minimum absolute atomic E-state index is 0.140. The predicted octanol–water partition coefficient (Wildman–Crippen LogP) is 3.01. The largest absolute Gasteiger partial charge is 0.490 e. The van der Waals surface area contributed by atoms with Crippen LogP contribution in [-0.4, -0.2) is 30.4 Å². The van der Waals surface area contributed by atoms with Crippen LogP contribution in [0.15, 0.2) is 36.4 Å². The number of benzene rings is 2. The van der Waals surface area contributed by atoms with E-state index in [1.165, 1.54) is 12.1 Å². The highest BCUT2D eigenvalue weighted by molar-refractivity contribution is 6.05. The first-order chi connectivity index (χ1) is 13.9. The van der Waals surface area contributed by atoms with E-state index in [0.29, 0.717) is 30.9 Å². The number of carbonyl (C=O) groups excluding carboxylic acids is 2. The van der Waals surface area contributed by atoms with Gasteiger partial charge >= 0.3 is 5.97 Å². The number of rotatable bonds is 6. The number of carbonyl (C=O) groups is 2. The highest BCUT2D eigenvalue weighted by atomic mass is 19.1. The van der Waals surface area contributed by atoms with Gasteiger partial charge < -0.3 is 20.5 Å². The Hall–Kier alpha value is -3.42. The van der Waals surface area contributed by atoms with Crippen molar-refractivity contribution in [1.82, 2.24) is 0 Å². The third-order valence-corrected chi connectivity index (χ3v) is 4.57. The molecule has 2 aromatic carbocycles. The molecule has 0 saturated carbocycles. The predicted molar refractivity (Wildman–Crippen MR) is 106 cm³/mol. The van der Waals surface area contributed by atoms with Gasteiger partial charge in [0, 0.05) is 11.3 Å². The molecule has 1 atom stereocenters. The van der Waals surface area contributed by atoms with Gasteiger partial charge in [-0.1, -0.05) is 6.07 Å². The number of hydrogen-bond acceptors (Lipinski definition) is 5. The van der Waals surface area contributed by atoms with Crippen molar-refractivity contribution in [3.05, 3.63) is 58.9 Å². The van der Waals surface area contributed by atoms with Crippen LogP contribution < -0.4 is 15.8 Å². The van der Waals surface area contributed by atoms with Gasteiger partial charge in [0.1, 0.15) is 23.5 Å². The van der Waals surface area contributed by atoms with Gasteiger partial charge in [-0.15, -0.1) is 0 Å². The smallest absolute Gasteiger partial charge is 0.309 e. The maximum Gasteiger partial charge on any atom is 0.309 e. The van der Waals surface area contributed by atoms with Gasteiger partial charge in [0.25, 0.3) is 5.91 Å². The molecule has 1 unspecified atom stereocenters. The lowest BCUT2D eigenvalue weighted by atomic mass is 10.00. The normalized spacial score (nSPS) is 15.0. The number of halogens is 1. The van der Waals surface area contributed by atoms with Crippen LogP contribution in [0.5, 0.6) is 5.75 Å². The van der Waals surface area contributed by atoms with Crippen LogP contribution in [0.1, 0.15) is 41.3 Å². The molecule has 1 aliphatic heterocycles. The molecular formula is C21H22FN3O4. The number of ether oxygens (including phenoxy) is 2. The second-order valence-electron chi connectivity index (χ2n) is 6.67. The lowest BCUT2D eigenvalue weighted by Crippen LogP contribution is -2.26. The van der Waals surface area contributed by atoms with Crippen LogP contribution in [-0.2, 0) is 16.0 Å². The first-order valence-corrected chi connectivity index (χ1v) is 9.28. The highest BCUT2D eigenvalue weighted by Gasteiger charge is 2.23. The van der Waals surface area contributed by atoms with E-state index in [4.69, 9.17) is 20.6 Å². The molecule has 2 aromatic rings. The minimum atomic E-state index is -0.752. The Bertz CT molecular complexity index is 961. The van der Waals surface area contributed by atoms with Crippen molar-refractivity contribution >= 4 is 23.4 Å². The summed E-state index contributed by atoms with van der Waals surface area (Å²) in [5.74, 6) is -1.26. The van der Waals surface area contributed by atoms with Gasteiger partial charge in [-0.05, 0) is 55.7 Å². The summed E-state index contributed by atoms with van der Waals surface area (Å²) in [6, 6.07) is 8.92. The number of esters is 1. The van der Waals surface area contributed by atoms with E-state index in [2.05, 4.69) is 5.32 Å². The molecule has 8 heteroatoms. The monoisotopic (exact) mass is 399 g/mol. The maximum atomic E-state index is 14.2. The number of nitrogens with two attached hydrogens (primary N) is 1. The molecule has 0 spiro atoms. The van der Waals surface area contributed by atoms with Gasteiger partial charge in [0.05, 0.1) is 18.6 Å². The van der Waals surface area contributed by atoms with Crippen molar-refractivity contribution in [3.8, 4) is 5.75 Å². The van der Waals surface area contributed by atoms with Gasteiger partial charge in [0.2, 0.25) is 0 Å². The van der Waals surface area contributed by atoms with Gasteiger partial charge in [-0.3, -0.25) is 15.0 Å². The molecule has 29 heavy (non-hydrogen) atoms. The Morgan fingerprint density at radius 3 is 2.79 bits per heavy atom. The van der Waals surface area contributed by atoms with Crippen molar-refractivity contribution in [2.75, 3.05) is 11.9 Å². The van der Waals surface area contributed by atoms with Crippen LogP contribution in [0.3, 0.4) is 0 Å². The second-order valence-corrected chi connectivity index (χ2v) is 6.67. The van der Waals surface area contributed by atoms with Crippen molar-refractivity contribution in [3.63, 3.8) is 0 Å². The van der Waals surface area contributed by atoms with E-state index in [0.717, 1.165) is 11.6 Å². The quantitative estimate of drug-likeness (QED) is 0.392. The molecule has 0 aliphatic carbocycles. The molecule has 0 bridgehead atoms. The zero-order valence-corrected chi connectivity index (χ0v) is 16.0. The SMILES string of the molecule is CCOC(=O)CC1CCc2cc(NC(=O)c3ccc(C(=N)N)cc3F)ccc2O1. The van der Waals surface area contributed by atoms with E-state index in [-0.39, 0.29) is 35.5 Å². The summed E-state index contributed by atoms with van der Waals surface area (Å²) in [7, 11) is 0. The number of aryl methyl sites for hydroxylation is 1. The van der Waals surface area contributed by atoms with Gasteiger partial charge in [-0.25, -0.2) is 4.39 Å². The van der Waals surface area contributed by atoms with E-state index < -0.39 is 11.7 Å². The van der Waals surface area contributed by atoms with E-state index in [9.17, 15) is 14.0 Å². The third-order valence-electron chi connectivity index (χ3n) is 4.57. The number of amidine groups is 1. The Morgan fingerprint density at radius 1 is 1.31 bits per heavy atom.